The molecule has 3 unspecified atom stereocenters. The highest BCUT2D eigenvalue weighted by Crippen LogP contribution is 2.15. The smallest absolute Gasteiger partial charge is 0.0246 e. The molecular formula is C13H30N2. The van der Waals surface area contributed by atoms with Crippen molar-refractivity contribution in [3.63, 3.8) is 0 Å². The Morgan fingerprint density at radius 1 is 1.13 bits per heavy atom. The molecule has 0 amide bonds. The molecule has 0 saturated carbocycles. The van der Waals surface area contributed by atoms with Crippen LogP contribution in [-0.2, 0) is 0 Å². The molecule has 0 aromatic heterocycles. The van der Waals surface area contributed by atoms with Gasteiger partial charge in [0.1, 0.15) is 0 Å². The largest absolute Gasteiger partial charge is 0.315 e. The maximum absolute atomic E-state index is 3.47. The Morgan fingerprint density at radius 2 is 1.73 bits per heavy atom. The van der Waals surface area contributed by atoms with E-state index in [0.29, 0.717) is 18.1 Å². The van der Waals surface area contributed by atoms with Crippen molar-refractivity contribution >= 4 is 0 Å². The summed E-state index contributed by atoms with van der Waals surface area (Å²) in [5.41, 5.74) is 0. The molecule has 1 N–H and O–H groups in total. The lowest BCUT2D eigenvalue weighted by atomic mass is 9.98. The van der Waals surface area contributed by atoms with Crippen molar-refractivity contribution in [2.75, 3.05) is 14.1 Å². The van der Waals surface area contributed by atoms with E-state index in [-0.39, 0.29) is 0 Å². The van der Waals surface area contributed by atoms with Gasteiger partial charge in [-0.05, 0) is 40.3 Å². The van der Waals surface area contributed by atoms with Gasteiger partial charge < -0.3 is 5.32 Å². The zero-order valence-corrected chi connectivity index (χ0v) is 11.5. The second-order valence-electron chi connectivity index (χ2n) is 4.58. The number of nitrogens with zero attached hydrogens (tertiary/aromatic N) is 1. The van der Waals surface area contributed by atoms with E-state index in [1.165, 1.54) is 25.7 Å². The average Bonchev–Trinajstić information content (AvgIpc) is 2.27. The van der Waals surface area contributed by atoms with E-state index in [4.69, 9.17) is 0 Å². The van der Waals surface area contributed by atoms with Gasteiger partial charge in [-0.2, -0.15) is 0 Å². The Labute approximate surface area is 96.4 Å². The third-order valence-electron chi connectivity index (χ3n) is 3.66. The van der Waals surface area contributed by atoms with Gasteiger partial charge in [0.25, 0.3) is 0 Å². The summed E-state index contributed by atoms with van der Waals surface area (Å²) in [6.07, 6.45) is 4.99. The zero-order chi connectivity index (χ0) is 11.8. The molecule has 0 bridgehead atoms. The lowest BCUT2D eigenvalue weighted by molar-refractivity contribution is 0.137. The van der Waals surface area contributed by atoms with Crippen molar-refractivity contribution in [1.29, 1.82) is 0 Å². The van der Waals surface area contributed by atoms with E-state index in [0.717, 1.165) is 0 Å². The normalized spacial score (nSPS) is 17.8. The minimum atomic E-state index is 0.638. The summed E-state index contributed by atoms with van der Waals surface area (Å²) < 4.78 is 0. The van der Waals surface area contributed by atoms with Crippen LogP contribution in [0.5, 0.6) is 0 Å². The van der Waals surface area contributed by atoms with Gasteiger partial charge in [-0.3, -0.25) is 4.90 Å². The highest BCUT2D eigenvalue weighted by atomic mass is 15.2. The molecule has 3 atom stereocenters. The first-order chi connectivity index (χ1) is 7.12. The van der Waals surface area contributed by atoms with Gasteiger partial charge in [-0.1, -0.05) is 27.2 Å². The van der Waals surface area contributed by atoms with Gasteiger partial charge in [0.2, 0.25) is 0 Å². The van der Waals surface area contributed by atoms with Crippen molar-refractivity contribution in [1.82, 2.24) is 10.2 Å². The Bertz CT molecular complexity index is 145. The van der Waals surface area contributed by atoms with Crippen molar-refractivity contribution < 1.29 is 0 Å². The SMILES string of the molecule is CCCC(NC)C(CC)N(C)C(C)CC. The highest BCUT2D eigenvalue weighted by Gasteiger charge is 2.24. The van der Waals surface area contributed by atoms with Crippen LogP contribution in [0.2, 0.25) is 0 Å². The second kappa shape index (κ2) is 8.12. The lowest BCUT2D eigenvalue weighted by Crippen LogP contribution is -2.50. The summed E-state index contributed by atoms with van der Waals surface area (Å²) in [6, 6.07) is 1.99. The van der Waals surface area contributed by atoms with Gasteiger partial charge in [0, 0.05) is 18.1 Å². The Morgan fingerprint density at radius 3 is 2.07 bits per heavy atom. The van der Waals surface area contributed by atoms with E-state index in [1.54, 1.807) is 0 Å². The monoisotopic (exact) mass is 214 g/mol. The van der Waals surface area contributed by atoms with Crippen LogP contribution >= 0.6 is 0 Å². The van der Waals surface area contributed by atoms with Crippen LogP contribution in [0.25, 0.3) is 0 Å². The third-order valence-corrected chi connectivity index (χ3v) is 3.66. The van der Waals surface area contributed by atoms with Crippen molar-refractivity contribution in [3.8, 4) is 0 Å². The molecule has 15 heavy (non-hydrogen) atoms. The van der Waals surface area contributed by atoms with Gasteiger partial charge in [0.15, 0.2) is 0 Å². The number of hydrogen-bond acceptors (Lipinski definition) is 2. The number of likely N-dealkylation sites (N-methyl/N-ethyl adjacent to an activating group) is 2. The van der Waals surface area contributed by atoms with E-state index >= 15 is 0 Å². The molecule has 92 valence electrons. The molecule has 0 radical (unpaired) electrons. The van der Waals surface area contributed by atoms with Crippen LogP contribution in [0.3, 0.4) is 0 Å². The topological polar surface area (TPSA) is 15.3 Å². The van der Waals surface area contributed by atoms with Crippen LogP contribution < -0.4 is 5.32 Å². The van der Waals surface area contributed by atoms with E-state index in [2.05, 4.69) is 52.0 Å². The summed E-state index contributed by atoms with van der Waals surface area (Å²) in [5, 5.41) is 3.47. The third kappa shape index (κ3) is 4.52. The van der Waals surface area contributed by atoms with Gasteiger partial charge in [-0.25, -0.2) is 0 Å². The first-order valence-corrected chi connectivity index (χ1v) is 6.51. The zero-order valence-electron chi connectivity index (χ0n) is 11.5. The summed E-state index contributed by atoms with van der Waals surface area (Å²) in [4.78, 5) is 2.54. The molecule has 2 nitrogen and oxygen atoms in total. The van der Waals surface area contributed by atoms with Gasteiger partial charge in [0.05, 0.1) is 0 Å². The molecule has 2 heteroatoms. The fourth-order valence-corrected chi connectivity index (χ4v) is 2.31. The maximum atomic E-state index is 3.47. The number of nitrogens with one attached hydrogen (secondary N) is 1. The van der Waals surface area contributed by atoms with Crippen LogP contribution in [0.1, 0.15) is 53.4 Å². The molecular weight excluding hydrogens is 184 g/mol. The van der Waals surface area contributed by atoms with Crippen molar-refractivity contribution in [2.45, 2.75) is 71.5 Å². The Hall–Kier alpha value is -0.0800. The fourth-order valence-electron chi connectivity index (χ4n) is 2.31. The molecule has 0 rings (SSSR count). The molecule has 0 aromatic carbocycles. The standard InChI is InChI=1S/C13H30N2/c1-7-10-12(14-5)13(9-3)15(6)11(4)8-2/h11-14H,7-10H2,1-6H3. The average molecular weight is 214 g/mol. The molecule has 0 aromatic rings. The van der Waals surface area contributed by atoms with Crippen LogP contribution in [0.4, 0.5) is 0 Å². The predicted octanol–water partition coefficient (Wildman–Crippen LogP) is 2.88. The molecule has 0 spiro atoms. The molecule has 0 aliphatic heterocycles. The summed E-state index contributed by atoms with van der Waals surface area (Å²) in [5.74, 6) is 0. The summed E-state index contributed by atoms with van der Waals surface area (Å²) in [6.45, 7) is 9.15. The minimum absolute atomic E-state index is 0.638. The summed E-state index contributed by atoms with van der Waals surface area (Å²) in [7, 11) is 4.36. The van der Waals surface area contributed by atoms with Crippen LogP contribution in [-0.4, -0.2) is 37.1 Å². The maximum Gasteiger partial charge on any atom is 0.0246 e. The summed E-state index contributed by atoms with van der Waals surface area (Å²) >= 11 is 0. The van der Waals surface area contributed by atoms with Gasteiger partial charge >= 0.3 is 0 Å². The van der Waals surface area contributed by atoms with Crippen molar-refractivity contribution in [2.24, 2.45) is 0 Å². The Kier molecular flexibility index (Phi) is 8.07. The number of hydrogen-bond donors (Lipinski definition) is 1. The minimum Gasteiger partial charge on any atom is -0.315 e. The van der Waals surface area contributed by atoms with Crippen molar-refractivity contribution in [3.05, 3.63) is 0 Å². The second-order valence-corrected chi connectivity index (χ2v) is 4.58. The lowest BCUT2D eigenvalue weighted by Gasteiger charge is -2.37. The van der Waals surface area contributed by atoms with Crippen LogP contribution in [0.15, 0.2) is 0 Å². The molecule has 0 heterocycles. The van der Waals surface area contributed by atoms with E-state index in [9.17, 15) is 0 Å². The quantitative estimate of drug-likeness (QED) is 0.668. The first-order valence-electron chi connectivity index (χ1n) is 6.51. The fraction of sp³-hybridized carbons (Fsp3) is 1.00. The highest BCUT2D eigenvalue weighted by molar-refractivity contribution is 4.83. The predicted molar refractivity (Wildman–Crippen MR) is 69.4 cm³/mol. The Balaban J connectivity index is 4.41. The molecule has 0 saturated heterocycles. The van der Waals surface area contributed by atoms with Crippen LogP contribution in [0, 0.1) is 0 Å². The van der Waals surface area contributed by atoms with Gasteiger partial charge in [-0.15, -0.1) is 0 Å². The molecule has 0 aliphatic rings. The first kappa shape index (κ1) is 14.9. The van der Waals surface area contributed by atoms with E-state index in [1.807, 2.05) is 0 Å². The molecule has 0 aliphatic carbocycles. The molecule has 0 fully saturated rings. The van der Waals surface area contributed by atoms with E-state index < -0.39 is 0 Å². The number of rotatable bonds is 8.